The predicted octanol–water partition coefficient (Wildman–Crippen LogP) is 0.642. The first-order valence-corrected chi connectivity index (χ1v) is 5.02. The zero-order valence-corrected chi connectivity index (χ0v) is 8.72. The molecule has 2 atom stereocenters. The monoisotopic (exact) mass is 248 g/mol. The molecule has 0 saturated carbocycles. The Morgan fingerprint density at radius 3 is 2.18 bits per heavy atom. The molecular weight excluding hydrogens is 237 g/mol. The third-order valence-electron chi connectivity index (χ3n) is 2.66. The molecule has 1 aliphatic rings. The van der Waals surface area contributed by atoms with Crippen LogP contribution in [0, 0.1) is 0 Å². The maximum atomic E-state index is 12.3. The Balaban J connectivity index is 2.14. The highest BCUT2D eigenvalue weighted by molar-refractivity contribution is 5.41. The average Bonchev–Trinajstić information content (AvgIpc) is 2.58. The number of aromatic nitrogens is 1. The summed E-state index contributed by atoms with van der Waals surface area (Å²) in [6, 6.07) is 2.16. The maximum Gasteiger partial charge on any atom is 0.417 e. The molecule has 1 aromatic heterocycles. The van der Waals surface area contributed by atoms with Gasteiger partial charge in [0.2, 0.25) is 0 Å². The lowest BCUT2D eigenvalue weighted by Gasteiger charge is -2.16. The number of β-amino-alcohol motifs (C(OH)–C–C–N with tert-alkyl or cyclic N) is 2. The van der Waals surface area contributed by atoms with Gasteiger partial charge < -0.3 is 15.1 Å². The molecule has 0 radical (unpaired) electrons. The molecule has 2 N–H and O–H groups in total. The van der Waals surface area contributed by atoms with E-state index in [0.29, 0.717) is 5.82 Å². The molecule has 1 aliphatic heterocycles. The molecule has 2 heterocycles. The molecule has 2 unspecified atom stereocenters. The molecule has 0 amide bonds. The van der Waals surface area contributed by atoms with Gasteiger partial charge in [-0.25, -0.2) is 4.98 Å². The first kappa shape index (κ1) is 12.1. The van der Waals surface area contributed by atoms with Crippen LogP contribution >= 0.6 is 0 Å². The van der Waals surface area contributed by atoms with Gasteiger partial charge in [-0.2, -0.15) is 13.2 Å². The summed E-state index contributed by atoms with van der Waals surface area (Å²) in [6.07, 6.45) is -5.44. The highest BCUT2D eigenvalue weighted by Crippen LogP contribution is 2.29. The van der Waals surface area contributed by atoms with Crippen molar-refractivity contribution in [2.75, 3.05) is 18.0 Å². The molecule has 4 nitrogen and oxygen atoms in total. The Kier molecular flexibility index (Phi) is 2.96. The predicted molar refractivity (Wildman–Crippen MR) is 53.5 cm³/mol. The van der Waals surface area contributed by atoms with E-state index in [4.69, 9.17) is 0 Å². The van der Waals surface area contributed by atoms with Crippen LogP contribution in [0.5, 0.6) is 0 Å². The highest BCUT2D eigenvalue weighted by atomic mass is 19.4. The number of hydrogen-bond donors (Lipinski definition) is 2. The van der Waals surface area contributed by atoms with Gasteiger partial charge in [0.05, 0.1) is 17.8 Å². The van der Waals surface area contributed by atoms with Gasteiger partial charge in [0.15, 0.2) is 0 Å². The fourth-order valence-electron chi connectivity index (χ4n) is 1.70. The molecule has 2 rings (SSSR count). The molecule has 1 aromatic rings. The van der Waals surface area contributed by atoms with Gasteiger partial charge in [-0.3, -0.25) is 0 Å². The van der Waals surface area contributed by atoms with Crippen molar-refractivity contribution in [3.05, 3.63) is 23.9 Å². The van der Waals surface area contributed by atoms with Crippen LogP contribution in [-0.4, -0.2) is 40.5 Å². The van der Waals surface area contributed by atoms with Crippen molar-refractivity contribution in [2.24, 2.45) is 0 Å². The molecule has 0 spiro atoms. The topological polar surface area (TPSA) is 56.6 Å². The smallest absolute Gasteiger partial charge is 0.389 e. The lowest BCUT2D eigenvalue weighted by atomic mass is 10.3. The van der Waals surface area contributed by atoms with Gasteiger partial charge >= 0.3 is 6.18 Å². The van der Waals surface area contributed by atoms with Crippen LogP contribution in [0.15, 0.2) is 18.3 Å². The molecule has 7 heteroatoms. The molecular formula is C10H11F3N2O2. The Hall–Kier alpha value is -1.34. The Labute approximate surface area is 95.3 Å². The highest BCUT2D eigenvalue weighted by Gasteiger charge is 2.33. The van der Waals surface area contributed by atoms with Crippen molar-refractivity contribution >= 4 is 5.82 Å². The number of aliphatic hydroxyl groups excluding tert-OH is 2. The summed E-state index contributed by atoms with van der Waals surface area (Å²) in [5, 5.41) is 18.6. The van der Waals surface area contributed by atoms with Crippen molar-refractivity contribution in [1.29, 1.82) is 0 Å². The number of halogens is 3. The molecule has 0 bridgehead atoms. The maximum absolute atomic E-state index is 12.3. The number of nitrogens with zero attached hydrogens (tertiary/aromatic N) is 2. The second-order valence-corrected chi connectivity index (χ2v) is 3.94. The van der Waals surface area contributed by atoms with Crippen molar-refractivity contribution in [3.63, 3.8) is 0 Å². The van der Waals surface area contributed by atoms with E-state index in [-0.39, 0.29) is 13.1 Å². The molecule has 0 aromatic carbocycles. The zero-order valence-electron chi connectivity index (χ0n) is 8.72. The number of aliphatic hydroxyl groups is 2. The van der Waals surface area contributed by atoms with Gasteiger partial charge in [0.1, 0.15) is 5.82 Å². The van der Waals surface area contributed by atoms with Crippen molar-refractivity contribution in [2.45, 2.75) is 18.4 Å². The Morgan fingerprint density at radius 1 is 1.18 bits per heavy atom. The van der Waals surface area contributed by atoms with E-state index in [1.165, 1.54) is 11.0 Å². The fraction of sp³-hybridized carbons (Fsp3) is 0.500. The van der Waals surface area contributed by atoms with Crippen LogP contribution < -0.4 is 4.90 Å². The van der Waals surface area contributed by atoms with Crippen molar-refractivity contribution in [1.82, 2.24) is 4.98 Å². The number of pyridine rings is 1. The van der Waals surface area contributed by atoms with Crippen LogP contribution in [0.25, 0.3) is 0 Å². The lowest BCUT2D eigenvalue weighted by molar-refractivity contribution is -0.137. The minimum atomic E-state index is -4.41. The number of anilines is 1. The normalized spacial score (nSPS) is 25.4. The first-order valence-electron chi connectivity index (χ1n) is 5.02. The zero-order chi connectivity index (χ0) is 12.6. The van der Waals surface area contributed by atoms with Crippen LogP contribution in [0.3, 0.4) is 0 Å². The molecule has 17 heavy (non-hydrogen) atoms. The molecule has 1 saturated heterocycles. The Bertz CT molecular complexity index is 384. The Morgan fingerprint density at radius 2 is 1.76 bits per heavy atom. The summed E-state index contributed by atoms with van der Waals surface area (Å²) in [5.41, 5.74) is -0.818. The van der Waals surface area contributed by atoms with Gasteiger partial charge in [-0.15, -0.1) is 0 Å². The van der Waals surface area contributed by atoms with E-state index in [1.54, 1.807) is 0 Å². The van der Waals surface area contributed by atoms with Gasteiger partial charge in [0, 0.05) is 19.3 Å². The van der Waals surface area contributed by atoms with E-state index >= 15 is 0 Å². The summed E-state index contributed by atoms with van der Waals surface area (Å²) in [4.78, 5) is 5.22. The minimum absolute atomic E-state index is 0.166. The van der Waals surface area contributed by atoms with Crippen LogP contribution in [0.4, 0.5) is 19.0 Å². The standard InChI is InChI=1S/C10H11F3N2O2/c11-10(12,13)6-1-2-9(14-3-6)15-4-7(16)8(17)5-15/h1-3,7-8,16-17H,4-5H2. The second-order valence-electron chi connectivity index (χ2n) is 3.94. The SMILES string of the molecule is OC1CN(c2ccc(C(F)(F)F)cn2)CC1O. The summed E-state index contributed by atoms with van der Waals surface area (Å²) < 4.78 is 36.9. The summed E-state index contributed by atoms with van der Waals surface area (Å²) >= 11 is 0. The third kappa shape index (κ3) is 2.50. The van der Waals surface area contributed by atoms with Gasteiger partial charge in [-0.05, 0) is 12.1 Å². The summed E-state index contributed by atoms with van der Waals surface area (Å²) in [7, 11) is 0. The fourth-order valence-corrected chi connectivity index (χ4v) is 1.70. The number of hydrogen-bond acceptors (Lipinski definition) is 4. The molecule has 1 fully saturated rings. The average molecular weight is 248 g/mol. The summed E-state index contributed by atoms with van der Waals surface area (Å²) in [6.45, 7) is 0.332. The van der Waals surface area contributed by atoms with Crippen LogP contribution in [-0.2, 0) is 6.18 Å². The van der Waals surface area contributed by atoms with Gasteiger partial charge in [0.25, 0.3) is 0 Å². The molecule has 0 aliphatic carbocycles. The molecule has 94 valence electrons. The quantitative estimate of drug-likeness (QED) is 0.766. The van der Waals surface area contributed by atoms with Crippen molar-refractivity contribution in [3.8, 4) is 0 Å². The third-order valence-corrected chi connectivity index (χ3v) is 2.66. The van der Waals surface area contributed by atoms with Crippen LogP contribution in [0.1, 0.15) is 5.56 Å². The van der Waals surface area contributed by atoms with Crippen LogP contribution in [0.2, 0.25) is 0 Å². The van der Waals surface area contributed by atoms with E-state index in [2.05, 4.69) is 4.98 Å². The van der Waals surface area contributed by atoms with E-state index in [1.807, 2.05) is 0 Å². The minimum Gasteiger partial charge on any atom is -0.389 e. The summed E-state index contributed by atoms with van der Waals surface area (Å²) in [5.74, 6) is 0.314. The van der Waals surface area contributed by atoms with E-state index in [0.717, 1.165) is 12.3 Å². The number of rotatable bonds is 1. The first-order chi connectivity index (χ1) is 7.88. The lowest BCUT2D eigenvalue weighted by Crippen LogP contribution is -2.22. The second kappa shape index (κ2) is 4.15. The van der Waals surface area contributed by atoms with Gasteiger partial charge in [-0.1, -0.05) is 0 Å². The van der Waals surface area contributed by atoms with Crippen molar-refractivity contribution < 1.29 is 23.4 Å². The van der Waals surface area contributed by atoms with E-state index < -0.39 is 23.9 Å². The largest absolute Gasteiger partial charge is 0.417 e. The van der Waals surface area contributed by atoms with E-state index in [9.17, 15) is 23.4 Å². The number of alkyl halides is 3.